The lowest BCUT2D eigenvalue weighted by Gasteiger charge is -2.58. The van der Waals surface area contributed by atoms with E-state index >= 15 is 0 Å². The molecule has 0 radical (unpaired) electrons. The summed E-state index contributed by atoms with van der Waals surface area (Å²) in [4.78, 5) is 0. The van der Waals surface area contributed by atoms with Gasteiger partial charge in [0.25, 0.3) is 0 Å². The van der Waals surface area contributed by atoms with Gasteiger partial charge in [-0.1, -0.05) is 19.9 Å². The molecule has 1 saturated carbocycles. The zero-order valence-corrected chi connectivity index (χ0v) is 14.3. The molecule has 1 aromatic heterocycles. The van der Waals surface area contributed by atoms with Crippen LogP contribution in [0.4, 0.5) is 0 Å². The first-order chi connectivity index (χ1) is 11.1. The summed E-state index contributed by atoms with van der Waals surface area (Å²) in [6.45, 7) is 5.49. The molecule has 1 unspecified atom stereocenters. The minimum Gasteiger partial charge on any atom is -0.472 e. The van der Waals surface area contributed by atoms with Crippen LogP contribution in [-0.2, 0) is 11.2 Å². The van der Waals surface area contributed by atoms with Crippen molar-refractivity contribution >= 4 is 0 Å². The largest absolute Gasteiger partial charge is 0.472 e. The molecule has 1 spiro atoms. The van der Waals surface area contributed by atoms with Crippen molar-refractivity contribution in [2.75, 3.05) is 6.61 Å². The molecule has 4 rings (SSSR count). The molecule has 2 heterocycles. The maximum Gasteiger partial charge on any atom is 0.164 e. The number of hydrogen-bond donors (Lipinski definition) is 1. The van der Waals surface area contributed by atoms with Gasteiger partial charge in [-0.3, -0.25) is 0 Å². The van der Waals surface area contributed by atoms with E-state index in [2.05, 4.69) is 26.0 Å². The molecule has 3 nitrogen and oxygen atoms in total. The Morgan fingerprint density at radius 2 is 2.22 bits per heavy atom. The Hall–Kier alpha value is -1.06. The summed E-state index contributed by atoms with van der Waals surface area (Å²) in [5.41, 5.74) is 2.79. The van der Waals surface area contributed by atoms with Crippen molar-refractivity contribution in [3.8, 4) is 0 Å². The summed E-state index contributed by atoms with van der Waals surface area (Å²) < 4.78 is 10.9. The van der Waals surface area contributed by atoms with Gasteiger partial charge in [-0.25, -0.2) is 0 Å². The number of rotatable bonds is 3. The number of hydrogen-bond acceptors (Lipinski definition) is 3. The van der Waals surface area contributed by atoms with Crippen molar-refractivity contribution < 1.29 is 14.3 Å². The molecular formula is C20H28O3. The number of allylic oxidation sites excluding steroid dienone is 1. The van der Waals surface area contributed by atoms with Crippen LogP contribution in [0.15, 0.2) is 34.7 Å². The van der Waals surface area contributed by atoms with E-state index in [1.54, 1.807) is 6.26 Å². The highest BCUT2D eigenvalue weighted by Gasteiger charge is 2.61. The summed E-state index contributed by atoms with van der Waals surface area (Å²) >= 11 is 0. The van der Waals surface area contributed by atoms with Gasteiger partial charge in [0.15, 0.2) is 6.29 Å². The van der Waals surface area contributed by atoms with Crippen LogP contribution in [0.2, 0.25) is 0 Å². The van der Waals surface area contributed by atoms with Gasteiger partial charge >= 0.3 is 0 Å². The van der Waals surface area contributed by atoms with Crippen LogP contribution >= 0.6 is 0 Å². The standard InChI is InChI=1S/C20H28O3/c1-14-6-10-20-16(13-23-18(20)21)4-3-5-17(20)19(14,2)9-7-15-8-11-22-12-15/h4,8,11-12,14,17-18,21H,3,5-7,9-10,13H2,1-2H3/t14-,17-,18?,19+,20-/m0/s1. The molecule has 1 aliphatic heterocycles. The molecular weight excluding hydrogens is 288 g/mol. The molecule has 0 aromatic carbocycles. The Labute approximate surface area is 138 Å². The van der Waals surface area contributed by atoms with Crippen molar-refractivity contribution in [3.05, 3.63) is 35.8 Å². The second kappa shape index (κ2) is 5.49. The van der Waals surface area contributed by atoms with Crippen molar-refractivity contribution in [1.82, 2.24) is 0 Å². The summed E-state index contributed by atoms with van der Waals surface area (Å²) in [6, 6.07) is 2.08. The summed E-state index contributed by atoms with van der Waals surface area (Å²) in [5.74, 6) is 1.19. The number of ether oxygens (including phenoxy) is 1. The Kier molecular flexibility index (Phi) is 3.69. The Bertz CT molecular complexity index is 590. The topological polar surface area (TPSA) is 42.6 Å². The fourth-order valence-corrected chi connectivity index (χ4v) is 5.71. The van der Waals surface area contributed by atoms with Crippen molar-refractivity contribution in [3.63, 3.8) is 0 Å². The molecule has 0 amide bonds. The van der Waals surface area contributed by atoms with E-state index in [-0.39, 0.29) is 10.8 Å². The molecule has 2 aliphatic carbocycles. The van der Waals surface area contributed by atoms with E-state index < -0.39 is 6.29 Å². The lowest BCUT2D eigenvalue weighted by atomic mass is 9.46. The maximum absolute atomic E-state index is 10.7. The second-order valence-electron chi connectivity index (χ2n) is 8.14. The third-order valence-electron chi connectivity index (χ3n) is 7.35. The molecule has 5 atom stereocenters. The molecule has 126 valence electrons. The van der Waals surface area contributed by atoms with Gasteiger partial charge in [-0.05, 0) is 73.0 Å². The van der Waals surface area contributed by atoms with Crippen LogP contribution in [0, 0.1) is 22.7 Å². The number of aliphatic hydroxyl groups is 1. The lowest BCUT2D eigenvalue weighted by molar-refractivity contribution is -0.178. The molecule has 1 saturated heterocycles. The highest BCUT2D eigenvalue weighted by atomic mass is 16.6. The normalized spacial score (nSPS) is 42.9. The molecule has 0 bridgehead atoms. The lowest BCUT2D eigenvalue weighted by Crippen LogP contribution is -2.54. The van der Waals surface area contributed by atoms with Crippen LogP contribution in [0.5, 0.6) is 0 Å². The number of furan rings is 1. The molecule has 23 heavy (non-hydrogen) atoms. The van der Waals surface area contributed by atoms with E-state index in [4.69, 9.17) is 9.15 Å². The van der Waals surface area contributed by atoms with Gasteiger partial charge in [0.1, 0.15) is 0 Å². The van der Waals surface area contributed by atoms with E-state index in [0.717, 1.165) is 25.7 Å². The predicted octanol–water partition coefficient (Wildman–Crippen LogP) is 4.32. The van der Waals surface area contributed by atoms with Crippen LogP contribution < -0.4 is 0 Å². The maximum atomic E-state index is 10.7. The fourth-order valence-electron chi connectivity index (χ4n) is 5.71. The van der Waals surface area contributed by atoms with E-state index in [1.165, 1.54) is 24.0 Å². The van der Waals surface area contributed by atoms with Crippen molar-refractivity contribution in [1.29, 1.82) is 0 Å². The van der Waals surface area contributed by atoms with Gasteiger partial charge in [0.2, 0.25) is 0 Å². The first-order valence-electron chi connectivity index (χ1n) is 9.07. The van der Waals surface area contributed by atoms with Gasteiger partial charge in [-0.15, -0.1) is 0 Å². The SMILES string of the molecule is C[C@H]1CC[C@]23C(=CCC[C@H]2[C@]1(C)CCc1ccoc1)COC3O. The van der Waals surface area contributed by atoms with Crippen LogP contribution in [0.25, 0.3) is 0 Å². The van der Waals surface area contributed by atoms with Crippen molar-refractivity contribution in [2.24, 2.45) is 22.7 Å². The first kappa shape index (κ1) is 15.5. The molecule has 1 N–H and O–H groups in total. The minimum absolute atomic E-state index is 0.115. The quantitative estimate of drug-likeness (QED) is 0.845. The van der Waals surface area contributed by atoms with Gasteiger partial charge in [-0.2, -0.15) is 0 Å². The Morgan fingerprint density at radius 1 is 1.35 bits per heavy atom. The smallest absolute Gasteiger partial charge is 0.164 e. The van der Waals surface area contributed by atoms with Gasteiger partial charge in [0, 0.05) is 5.41 Å². The molecule has 3 aliphatic rings. The average Bonchev–Trinajstić information content (AvgIpc) is 3.18. The summed E-state index contributed by atoms with van der Waals surface area (Å²) in [6.07, 6.45) is 12.1. The zero-order chi connectivity index (χ0) is 16.1. The van der Waals surface area contributed by atoms with Crippen LogP contribution in [-0.4, -0.2) is 18.0 Å². The minimum atomic E-state index is -0.611. The Morgan fingerprint density at radius 3 is 3.00 bits per heavy atom. The monoisotopic (exact) mass is 316 g/mol. The zero-order valence-electron chi connectivity index (χ0n) is 14.3. The van der Waals surface area contributed by atoms with Crippen molar-refractivity contribution in [2.45, 2.75) is 58.7 Å². The van der Waals surface area contributed by atoms with Gasteiger partial charge in [0.05, 0.1) is 19.1 Å². The summed E-state index contributed by atoms with van der Waals surface area (Å²) in [7, 11) is 0. The molecule has 3 heteroatoms. The highest BCUT2D eigenvalue weighted by Crippen LogP contribution is 2.65. The summed E-state index contributed by atoms with van der Waals surface area (Å²) in [5, 5.41) is 10.7. The number of aliphatic hydroxyl groups excluding tert-OH is 1. The molecule has 2 fully saturated rings. The second-order valence-corrected chi connectivity index (χ2v) is 8.14. The van der Waals surface area contributed by atoms with E-state index in [0.29, 0.717) is 18.4 Å². The van der Waals surface area contributed by atoms with E-state index in [9.17, 15) is 5.11 Å². The van der Waals surface area contributed by atoms with Crippen LogP contribution in [0.1, 0.15) is 51.5 Å². The van der Waals surface area contributed by atoms with Crippen LogP contribution in [0.3, 0.4) is 0 Å². The fraction of sp³-hybridized carbons (Fsp3) is 0.700. The van der Waals surface area contributed by atoms with E-state index in [1.807, 2.05) is 6.26 Å². The third-order valence-corrected chi connectivity index (χ3v) is 7.35. The third kappa shape index (κ3) is 2.16. The number of aryl methyl sites for hydroxylation is 1. The first-order valence-corrected chi connectivity index (χ1v) is 9.07. The van der Waals surface area contributed by atoms with Gasteiger partial charge < -0.3 is 14.3 Å². The predicted molar refractivity (Wildman–Crippen MR) is 88.7 cm³/mol. The highest BCUT2D eigenvalue weighted by molar-refractivity contribution is 5.28. The molecule has 1 aromatic rings. The average molecular weight is 316 g/mol. The Balaban J connectivity index is 1.66.